The maximum Gasteiger partial charge on any atom is 0.329 e. The van der Waals surface area contributed by atoms with Crippen molar-refractivity contribution >= 4 is 15.9 Å². The second-order valence-corrected chi connectivity index (χ2v) is 3.57. The van der Waals surface area contributed by atoms with Crippen LogP contribution in [0.2, 0.25) is 0 Å². The number of aromatic nitrogens is 3. The van der Waals surface area contributed by atoms with Crippen molar-refractivity contribution in [2.45, 2.75) is 6.92 Å². The number of halogens is 1. The number of nitrogens with zero attached hydrogens (tertiary/aromatic N) is 3. The molecule has 0 saturated heterocycles. The standard InChI is InChI=1S/C8H6BrN3O2/c1-5-10-11-8(14-5)12-3-2-6(9)4-7(12)13/h2-4H,1H3. The summed E-state index contributed by atoms with van der Waals surface area (Å²) >= 11 is 3.19. The first kappa shape index (κ1) is 9.14. The Bertz CT molecular complexity index is 517. The average molecular weight is 256 g/mol. The monoisotopic (exact) mass is 255 g/mol. The molecule has 14 heavy (non-hydrogen) atoms. The molecule has 2 heterocycles. The fraction of sp³-hybridized carbons (Fsp3) is 0.125. The lowest BCUT2D eigenvalue weighted by Gasteiger charge is -1.97. The van der Waals surface area contributed by atoms with Crippen LogP contribution in [0.15, 0.2) is 32.0 Å². The molecule has 0 radical (unpaired) electrons. The average Bonchev–Trinajstić information content (AvgIpc) is 2.51. The number of aryl methyl sites for hydroxylation is 1. The van der Waals surface area contributed by atoms with Crippen molar-refractivity contribution in [3.05, 3.63) is 39.0 Å². The van der Waals surface area contributed by atoms with Crippen LogP contribution >= 0.6 is 15.9 Å². The van der Waals surface area contributed by atoms with E-state index < -0.39 is 0 Å². The number of hydrogen-bond donors (Lipinski definition) is 0. The molecule has 2 aromatic heterocycles. The van der Waals surface area contributed by atoms with Gasteiger partial charge in [0.15, 0.2) is 0 Å². The van der Waals surface area contributed by atoms with Gasteiger partial charge in [-0.3, -0.25) is 4.79 Å². The maximum atomic E-state index is 11.5. The smallest absolute Gasteiger partial charge is 0.329 e. The first-order chi connectivity index (χ1) is 6.66. The molecule has 5 nitrogen and oxygen atoms in total. The van der Waals surface area contributed by atoms with Gasteiger partial charge in [-0.05, 0) is 6.07 Å². The van der Waals surface area contributed by atoms with Gasteiger partial charge in [0.2, 0.25) is 5.89 Å². The van der Waals surface area contributed by atoms with E-state index in [0.717, 1.165) is 4.47 Å². The van der Waals surface area contributed by atoms with Gasteiger partial charge in [0, 0.05) is 23.7 Å². The topological polar surface area (TPSA) is 60.9 Å². The molecule has 2 aromatic rings. The third kappa shape index (κ3) is 1.60. The fourth-order valence-electron chi connectivity index (χ4n) is 0.996. The van der Waals surface area contributed by atoms with Gasteiger partial charge in [-0.25, -0.2) is 4.57 Å². The van der Waals surface area contributed by atoms with Gasteiger partial charge in [0.25, 0.3) is 5.56 Å². The first-order valence-electron chi connectivity index (χ1n) is 3.85. The second-order valence-electron chi connectivity index (χ2n) is 2.66. The molecular weight excluding hydrogens is 250 g/mol. The van der Waals surface area contributed by atoms with Crippen LogP contribution in [-0.4, -0.2) is 14.8 Å². The highest BCUT2D eigenvalue weighted by molar-refractivity contribution is 9.10. The molecule has 0 aliphatic rings. The summed E-state index contributed by atoms with van der Waals surface area (Å²) in [6.07, 6.45) is 1.57. The van der Waals surface area contributed by atoms with Gasteiger partial charge in [-0.1, -0.05) is 21.0 Å². The van der Waals surface area contributed by atoms with Gasteiger partial charge in [0.05, 0.1) is 0 Å². The third-order valence-corrected chi connectivity index (χ3v) is 2.10. The van der Waals surface area contributed by atoms with E-state index in [9.17, 15) is 4.79 Å². The molecular formula is C8H6BrN3O2. The van der Waals surface area contributed by atoms with Crippen LogP contribution in [0.1, 0.15) is 5.89 Å². The number of hydrogen-bond acceptors (Lipinski definition) is 4. The second kappa shape index (κ2) is 3.38. The van der Waals surface area contributed by atoms with E-state index in [1.807, 2.05) is 0 Å². The molecule has 6 heteroatoms. The quantitative estimate of drug-likeness (QED) is 0.771. The van der Waals surface area contributed by atoms with Crippen molar-refractivity contribution in [2.24, 2.45) is 0 Å². The molecule has 0 atom stereocenters. The van der Waals surface area contributed by atoms with Crippen molar-refractivity contribution in [3.8, 4) is 6.01 Å². The van der Waals surface area contributed by atoms with Crippen LogP contribution in [0.3, 0.4) is 0 Å². The molecule has 0 fully saturated rings. The summed E-state index contributed by atoms with van der Waals surface area (Å²) < 4.78 is 7.12. The van der Waals surface area contributed by atoms with Crippen LogP contribution in [0, 0.1) is 6.92 Å². The van der Waals surface area contributed by atoms with Crippen LogP contribution < -0.4 is 5.56 Å². The highest BCUT2D eigenvalue weighted by Gasteiger charge is 2.06. The molecule has 0 saturated carbocycles. The molecule has 0 unspecified atom stereocenters. The van der Waals surface area contributed by atoms with Crippen molar-refractivity contribution in [1.82, 2.24) is 14.8 Å². The Balaban J connectivity index is 2.57. The molecule has 0 amide bonds. The minimum atomic E-state index is -0.219. The van der Waals surface area contributed by atoms with Gasteiger partial charge in [-0.15, -0.1) is 5.10 Å². The van der Waals surface area contributed by atoms with E-state index >= 15 is 0 Å². The molecule has 0 spiro atoms. The third-order valence-electron chi connectivity index (χ3n) is 1.60. The minimum absolute atomic E-state index is 0.181. The van der Waals surface area contributed by atoms with Gasteiger partial charge in [0.1, 0.15) is 0 Å². The summed E-state index contributed by atoms with van der Waals surface area (Å²) in [7, 11) is 0. The van der Waals surface area contributed by atoms with Crippen molar-refractivity contribution in [2.75, 3.05) is 0 Å². The van der Waals surface area contributed by atoms with E-state index in [4.69, 9.17) is 4.42 Å². The van der Waals surface area contributed by atoms with E-state index in [1.54, 1.807) is 19.2 Å². The number of pyridine rings is 1. The molecule has 0 aliphatic carbocycles. The minimum Gasteiger partial charge on any atom is -0.408 e. The maximum absolute atomic E-state index is 11.5. The van der Waals surface area contributed by atoms with E-state index in [0.29, 0.717) is 5.89 Å². The first-order valence-corrected chi connectivity index (χ1v) is 4.65. The lowest BCUT2D eigenvalue weighted by molar-refractivity contribution is 0.492. The Morgan fingerprint density at radius 3 is 2.86 bits per heavy atom. The van der Waals surface area contributed by atoms with E-state index in [2.05, 4.69) is 26.1 Å². The fourth-order valence-corrected chi connectivity index (χ4v) is 1.31. The molecule has 0 bridgehead atoms. The Kier molecular flexibility index (Phi) is 2.20. The predicted molar refractivity (Wildman–Crippen MR) is 52.3 cm³/mol. The van der Waals surface area contributed by atoms with Crippen LogP contribution in [0.5, 0.6) is 0 Å². The van der Waals surface area contributed by atoms with Gasteiger partial charge >= 0.3 is 6.01 Å². The van der Waals surface area contributed by atoms with Crippen LogP contribution in [-0.2, 0) is 0 Å². The Morgan fingerprint density at radius 2 is 2.29 bits per heavy atom. The summed E-state index contributed by atoms with van der Waals surface area (Å²) in [5.74, 6) is 0.426. The van der Waals surface area contributed by atoms with E-state index in [1.165, 1.54) is 10.6 Å². The SMILES string of the molecule is Cc1nnc(-n2ccc(Br)cc2=O)o1. The van der Waals surface area contributed by atoms with Crippen molar-refractivity contribution in [3.63, 3.8) is 0 Å². The van der Waals surface area contributed by atoms with E-state index in [-0.39, 0.29) is 11.6 Å². The van der Waals surface area contributed by atoms with Gasteiger partial charge < -0.3 is 4.42 Å². The highest BCUT2D eigenvalue weighted by Crippen LogP contribution is 2.07. The summed E-state index contributed by atoms with van der Waals surface area (Å²) in [6, 6.07) is 3.33. The molecule has 0 N–H and O–H groups in total. The van der Waals surface area contributed by atoms with Crippen LogP contribution in [0.4, 0.5) is 0 Å². The molecule has 2 rings (SSSR count). The summed E-state index contributed by atoms with van der Waals surface area (Å²) in [5.41, 5.74) is -0.219. The summed E-state index contributed by atoms with van der Waals surface area (Å²) in [6.45, 7) is 1.67. The Morgan fingerprint density at radius 1 is 1.50 bits per heavy atom. The Labute approximate surface area is 87.5 Å². The number of rotatable bonds is 1. The lowest BCUT2D eigenvalue weighted by Crippen LogP contribution is -2.16. The van der Waals surface area contributed by atoms with Crippen molar-refractivity contribution < 1.29 is 4.42 Å². The normalized spacial score (nSPS) is 10.4. The lowest BCUT2D eigenvalue weighted by atomic mass is 10.5. The highest BCUT2D eigenvalue weighted by atomic mass is 79.9. The molecule has 0 aliphatic heterocycles. The van der Waals surface area contributed by atoms with Crippen molar-refractivity contribution in [1.29, 1.82) is 0 Å². The summed E-state index contributed by atoms with van der Waals surface area (Å²) in [5, 5.41) is 7.38. The Hall–Kier alpha value is -1.43. The zero-order valence-corrected chi connectivity index (χ0v) is 8.85. The molecule has 0 aromatic carbocycles. The predicted octanol–water partition coefficient (Wildman–Crippen LogP) is 1.29. The van der Waals surface area contributed by atoms with Crippen LogP contribution in [0.25, 0.3) is 6.01 Å². The largest absolute Gasteiger partial charge is 0.408 e. The molecule has 72 valence electrons. The zero-order chi connectivity index (χ0) is 10.1. The van der Waals surface area contributed by atoms with Gasteiger partial charge in [-0.2, -0.15) is 0 Å². The zero-order valence-electron chi connectivity index (χ0n) is 7.27. The summed E-state index contributed by atoms with van der Waals surface area (Å²) in [4.78, 5) is 11.5.